The van der Waals surface area contributed by atoms with Gasteiger partial charge in [0.25, 0.3) is 10.1 Å². The van der Waals surface area contributed by atoms with Crippen molar-refractivity contribution in [3.05, 3.63) is 89.5 Å². The van der Waals surface area contributed by atoms with Crippen LogP contribution in [0.1, 0.15) is 36.0 Å². The number of nitrogens with zero attached hydrogens (tertiary/aromatic N) is 1. The zero-order valence-corrected chi connectivity index (χ0v) is 23.6. The SMILES string of the molecule is COc1ccc(CN(Cc2ccc(OC)cc2)S(=O)(=O)CCCCCOS(=O)(=O)c2ccc(C)cc2)cc1. The lowest BCUT2D eigenvalue weighted by Crippen LogP contribution is -2.32. The molecule has 3 aromatic carbocycles. The second-order valence-electron chi connectivity index (χ2n) is 8.93. The van der Waals surface area contributed by atoms with Crippen molar-refractivity contribution in [1.82, 2.24) is 4.31 Å². The van der Waals surface area contributed by atoms with Gasteiger partial charge in [0.05, 0.1) is 31.5 Å². The molecule has 8 nitrogen and oxygen atoms in total. The van der Waals surface area contributed by atoms with Crippen molar-refractivity contribution >= 4 is 20.1 Å². The molecular formula is C28H35NO7S2. The van der Waals surface area contributed by atoms with Crippen molar-refractivity contribution in [3.63, 3.8) is 0 Å². The van der Waals surface area contributed by atoms with Crippen LogP contribution < -0.4 is 9.47 Å². The van der Waals surface area contributed by atoms with Crippen molar-refractivity contribution < 1.29 is 30.5 Å². The number of hydrogen-bond acceptors (Lipinski definition) is 7. The monoisotopic (exact) mass is 561 g/mol. The minimum atomic E-state index is -3.83. The van der Waals surface area contributed by atoms with E-state index in [9.17, 15) is 16.8 Å². The maximum atomic E-state index is 13.3. The number of benzene rings is 3. The van der Waals surface area contributed by atoms with Gasteiger partial charge in [0.2, 0.25) is 10.0 Å². The first-order valence-electron chi connectivity index (χ1n) is 12.3. The highest BCUT2D eigenvalue weighted by Crippen LogP contribution is 2.20. The van der Waals surface area contributed by atoms with E-state index in [0.29, 0.717) is 30.8 Å². The Morgan fingerprint density at radius 1 is 0.658 bits per heavy atom. The lowest BCUT2D eigenvalue weighted by molar-refractivity contribution is 0.307. The van der Waals surface area contributed by atoms with Crippen LogP contribution in [0.4, 0.5) is 0 Å². The van der Waals surface area contributed by atoms with Crippen LogP contribution in [0.15, 0.2) is 77.7 Å². The number of rotatable bonds is 15. The third-order valence-electron chi connectivity index (χ3n) is 6.02. The highest BCUT2D eigenvalue weighted by Gasteiger charge is 2.23. The summed E-state index contributed by atoms with van der Waals surface area (Å²) >= 11 is 0. The Morgan fingerprint density at radius 3 is 1.63 bits per heavy atom. The highest BCUT2D eigenvalue weighted by atomic mass is 32.2. The molecule has 0 spiro atoms. The van der Waals surface area contributed by atoms with Crippen LogP contribution in [-0.2, 0) is 37.4 Å². The summed E-state index contributed by atoms with van der Waals surface area (Å²) in [5, 5.41) is 0. The smallest absolute Gasteiger partial charge is 0.296 e. The minimum Gasteiger partial charge on any atom is -0.497 e. The predicted molar refractivity (Wildman–Crippen MR) is 147 cm³/mol. The number of hydrogen-bond donors (Lipinski definition) is 0. The van der Waals surface area contributed by atoms with E-state index >= 15 is 0 Å². The number of methoxy groups -OCH3 is 2. The summed E-state index contributed by atoms with van der Waals surface area (Å²) in [5.41, 5.74) is 2.65. The van der Waals surface area contributed by atoms with Crippen LogP contribution in [0, 0.1) is 6.92 Å². The second-order valence-corrected chi connectivity index (χ2v) is 12.6. The van der Waals surface area contributed by atoms with Gasteiger partial charge in [-0.2, -0.15) is 12.7 Å². The third kappa shape index (κ3) is 8.83. The summed E-state index contributed by atoms with van der Waals surface area (Å²) in [6.07, 6.45) is 1.33. The molecule has 3 rings (SSSR count). The van der Waals surface area contributed by atoms with Gasteiger partial charge >= 0.3 is 0 Å². The Morgan fingerprint density at radius 2 is 1.16 bits per heavy atom. The quantitative estimate of drug-likeness (QED) is 0.192. The summed E-state index contributed by atoms with van der Waals surface area (Å²) in [6.45, 7) is 2.31. The number of sulfonamides is 1. The van der Waals surface area contributed by atoms with Gasteiger partial charge in [-0.3, -0.25) is 4.18 Å². The van der Waals surface area contributed by atoms with Crippen molar-refractivity contribution in [2.45, 2.75) is 44.2 Å². The zero-order valence-electron chi connectivity index (χ0n) is 22.0. The van der Waals surface area contributed by atoms with E-state index in [0.717, 1.165) is 16.7 Å². The molecule has 0 aliphatic carbocycles. The van der Waals surface area contributed by atoms with Crippen molar-refractivity contribution in [2.75, 3.05) is 26.6 Å². The summed E-state index contributed by atoms with van der Waals surface area (Å²) in [5.74, 6) is 1.35. The first-order valence-corrected chi connectivity index (χ1v) is 15.3. The van der Waals surface area contributed by atoms with Crippen LogP contribution >= 0.6 is 0 Å². The largest absolute Gasteiger partial charge is 0.497 e. The topological polar surface area (TPSA) is 99.2 Å². The molecule has 0 radical (unpaired) electrons. The molecule has 3 aromatic rings. The summed E-state index contributed by atoms with van der Waals surface area (Å²) in [6, 6.07) is 21.1. The summed E-state index contributed by atoms with van der Waals surface area (Å²) in [7, 11) is -4.27. The predicted octanol–water partition coefficient (Wildman–Crippen LogP) is 4.92. The molecule has 0 saturated carbocycles. The van der Waals surface area contributed by atoms with Crippen LogP contribution in [0.25, 0.3) is 0 Å². The molecule has 0 amide bonds. The standard InChI is InChI=1S/C28H35NO7S2/c1-23-7-17-28(18-8-23)38(32,33)36-19-5-4-6-20-37(30,31)29(21-24-9-13-26(34-2)14-10-24)22-25-11-15-27(35-3)16-12-25/h7-18H,4-6,19-22H2,1-3H3. The molecule has 206 valence electrons. The summed E-state index contributed by atoms with van der Waals surface area (Å²) < 4.78 is 68.3. The fourth-order valence-corrected chi connectivity index (χ4v) is 6.22. The second kappa shape index (κ2) is 13.7. The van der Waals surface area contributed by atoms with Crippen LogP contribution in [-0.4, -0.2) is 47.7 Å². The van der Waals surface area contributed by atoms with Crippen LogP contribution in [0.3, 0.4) is 0 Å². The first-order chi connectivity index (χ1) is 18.1. The van der Waals surface area contributed by atoms with E-state index in [2.05, 4.69) is 0 Å². The lowest BCUT2D eigenvalue weighted by Gasteiger charge is -2.23. The zero-order chi connectivity index (χ0) is 27.6. The molecule has 0 saturated heterocycles. The molecule has 0 bridgehead atoms. The lowest BCUT2D eigenvalue weighted by atomic mass is 10.2. The van der Waals surface area contributed by atoms with E-state index in [1.165, 1.54) is 16.4 Å². The van der Waals surface area contributed by atoms with Gasteiger partial charge in [-0.25, -0.2) is 8.42 Å². The van der Waals surface area contributed by atoms with Gasteiger partial charge in [0.1, 0.15) is 11.5 Å². The fourth-order valence-electron chi connectivity index (χ4n) is 3.76. The molecular weight excluding hydrogens is 526 g/mol. The third-order valence-corrected chi connectivity index (χ3v) is 9.20. The van der Waals surface area contributed by atoms with Crippen molar-refractivity contribution in [3.8, 4) is 11.5 Å². The number of ether oxygens (including phenoxy) is 2. The van der Waals surface area contributed by atoms with E-state index < -0.39 is 20.1 Å². The van der Waals surface area contributed by atoms with E-state index in [1.54, 1.807) is 50.6 Å². The number of aryl methyl sites for hydroxylation is 1. The average Bonchev–Trinajstić information content (AvgIpc) is 2.91. The van der Waals surface area contributed by atoms with Crippen molar-refractivity contribution in [1.29, 1.82) is 0 Å². The molecule has 0 heterocycles. The molecule has 0 aromatic heterocycles. The van der Waals surface area contributed by atoms with E-state index in [4.69, 9.17) is 13.7 Å². The molecule has 0 aliphatic heterocycles. The minimum absolute atomic E-state index is 0.00231. The van der Waals surface area contributed by atoms with Gasteiger partial charge in [0.15, 0.2) is 0 Å². The Kier molecular flexibility index (Phi) is 10.7. The van der Waals surface area contributed by atoms with Crippen LogP contribution in [0.5, 0.6) is 11.5 Å². The maximum absolute atomic E-state index is 13.3. The van der Waals surface area contributed by atoms with Gasteiger partial charge in [-0.15, -0.1) is 0 Å². The van der Waals surface area contributed by atoms with Gasteiger partial charge in [-0.05, 0) is 67.3 Å². The normalized spacial score (nSPS) is 12.0. The molecule has 38 heavy (non-hydrogen) atoms. The maximum Gasteiger partial charge on any atom is 0.296 e. The highest BCUT2D eigenvalue weighted by molar-refractivity contribution is 7.89. The Labute approximate surface area is 226 Å². The Bertz CT molecular complexity index is 1300. The Balaban J connectivity index is 1.58. The van der Waals surface area contributed by atoms with Gasteiger partial charge in [0, 0.05) is 13.1 Å². The molecule has 0 N–H and O–H groups in total. The number of unbranched alkanes of at least 4 members (excludes halogenated alkanes) is 2. The average molecular weight is 562 g/mol. The van der Waals surface area contributed by atoms with Gasteiger partial charge < -0.3 is 9.47 Å². The molecule has 0 atom stereocenters. The van der Waals surface area contributed by atoms with E-state index in [1.807, 2.05) is 31.2 Å². The van der Waals surface area contributed by atoms with Crippen LogP contribution in [0.2, 0.25) is 0 Å². The molecule has 10 heteroatoms. The fraction of sp³-hybridized carbons (Fsp3) is 0.357. The molecule has 0 unspecified atom stereocenters. The molecule has 0 aliphatic rings. The molecule has 0 fully saturated rings. The van der Waals surface area contributed by atoms with Gasteiger partial charge in [-0.1, -0.05) is 48.4 Å². The van der Waals surface area contributed by atoms with E-state index in [-0.39, 0.29) is 30.3 Å². The Hall–Kier alpha value is -2.92. The first kappa shape index (κ1) is 29.6. The van der Waals surface area contributed by atoms with Crippen molar-refractivity contribution in [2.24, 2.45) is 0 Å². The summed E-state index contributed by atoms with van der Waals surface area (Å²) in [4.78, 5) is 0.110.